The van der Waals surface area contributed by atoms with Crippen molar-refractivity contribution >= 4 is 40.8 Å². The lowest BCUT2D eigenvalue weighted by molar-refractivity contribution is 0.261. The van der Waals surface area contributed by atoms with Crippen LogP contribution in [0, 0.1) is 0 Å². The molecule has 0 unspecified atom stereocenters. The lowest BCUT2D eigenvalue weighted by Crippen LogP contribution is -2.19. The molecular weight excluding hydrogens is 301 g/mol. The fraction of sp³-hybridized carbons (Fsp3) is 0.231. The summed E-state index contributed by atoms with van der Waals surface area (Å²) in [6.45, 7) is 3.96. The predicted molar refractivity (Wildman–Crippen MR) is 79.7 cm³/mol. The van der Waals surface area contributed by atoms with Crippen molar-refractivity contribution in [3.8, 4) is 0 Å². The SMILES string of the molecule is CC(C)c1cc(NC(=O)Nc2cccc(Cl)c2Cl)on1. The number of amides is 2. The van der Waals surface area contributed by atoms with Gasteiger partial charge in [0.1, 0.15) is 0 Å². The fourth-order valence-corrected chi connectivity index (χ4v) is 1.83. The van der Waals surface area contributed by atoms with Crippen LogP contribution in [0.3, 0.4) is 0 Å². The normalized spacial score (nSPS) is 10.7. The van der Waals surface area contributed by atoms with Crippen LogP contribution in [0.1, 0.15) is 25.5 Å². The highest BCUT2D eigenvalue weighted by atomic mass is 35.5. The molecule has 0 aliphatic heterocycles. The molecule has 0 saturated carbocycles. The van der Waals surface area contributed by atoms with Crippen LogP contribution in [0.5, 0.6) is 0 Å². The zero-order valence-corrected chi connectivity index (χ0v) is 12.4. The summed E-state index contributed by atoms with van der Waals surface area (Å²) >= 11 is 11.8. The van der Waals surface area contributed by atoms with Crippen molar-refractivity contribution < 1.29 is 9.32 Å². The molecule has 0 atom stereocenters. The number of carbonyl (C=O) groups excluding carboxylic acids is 1. The van der Waals surface area contributed by atoms with Gasteiger partial charge in [-0.2, -0.15) is 0 Å². The second-order valence-corrected chi connectivity index (χ2v) is 5.24. The summed E-state index contributed by atoms with van der Waals surface area (Å²) < 4.78 is 5.01. The number of anilines is 2. The first-order chi connectivity index (χ1) is 9.47. The largest absolute Gasteiger partial charge is 0.338 e. The molecule has 0 bridgehead atoms. The van der Waals surface area contributed by atoms with Crippen LogP contribution in [-0.4, -0.2) is 11.2 Å². The van der Waals surface area contributed by atoms with Crippen LogP contribution in [0.2, 0.25) is 10.0 Å². The number of carbonyl (C=O) groups is 1. The maximum Gasteiger partial charge on any atom is 0.326 e. The Balaban J connectivity index is 2.03. The molecule has 20 heavy (non-hydrogen) atoms. The summed E-state index contributed by atoms with van der Waals surface area (Å²) in [6.07, 6.45) is 0. The van der Waals surface area contributed by atoms with Gasteiger partial charge in [-0.25, -0.2) is 4.79 Å². The molecule has 0 fully saturated rings. The van der Waals surface area contributed by atoms with Crippen molar-refractivity contribution in [3.05, 3.63) is 40.0 Å². The van der Waals surface area contributed by atoms with Gasteiger partial charge in [0.2, 0.25) is 5.88 Å². The van der Waals surface area contributed by atoms with Crippen LogP contribution in [-0.2, 0) is 0 Å². The molecule has 2 rings (SSSR count). The van der Waals surface area contributed by atoms with Gasteiger partial charge in [-0.15, -0.1) is 0 Å². The summed E-state index contributed by atoms with van der Waals surface area (Å²) in [6, 6.07) is 6.16. The maximum absolute atomic E-state index is 11.8. The summed E-state index contributed by atoms with van der Waals surface area (Å²) in [4.78, 5) is 11.8. The van der Waals surface area contributed by atoms with Crippen molar-refractivity contribution in [1.82, 2.24) is 5.16 Å². The maximum atomic E-state index is 11.8. The lowest BCUT2D eigenvalue weighted by atomic mass is 10.1. The van der Waals surface area contributed by atoms with Gasteiger partial charge in [-0.05, 0) is 18.1 Å². The third-order valence-corrected chi connectivity index (χ3v) is 3.38. The van der Waals surface area contributed by atoms with Gasteiger partial charge in [-0.3, -0.25) is 5.32 Å². The Morgan fingerprint density at radius 1 is 1.30 bits per heavy atom. The van der Waals surface area contributed by atoms with E-state index in [9.17, 15) is 4.79 Å². The molecular formula is C13H13Cl2N3O2. The zero-order chi connectivity index (χ0) is 14.7. The van der Waals surface area contributed by atoms with E-state index in [1.54, 1.807) is 24.3 Å². The quantitative estimate of drug-likeness (QED) is 0.859. The van der Waals surface area contributed by atoms with Gasteiger partial charge in [-0.1, -0.05) is 48.3 Å². The number of rotatable bonds is 3. The Morgan fingerprint density at radius 3 is 2.70 bits per heavy atom. The van der Waals surface area contributed by atoms with E-state index in [1.165, 1.54) is 0 Å². The van der Waals surface area contributed by atoms with Crippen molar-refractivity contribution in [2.75, 3.05) is 10.6 Å². The average Bonchev–Trinajstić information content (AvgIpc) is 2.83. The van der Waals surface area contributed by atoms with E-state index >= 15 is 0 Å². The lowest BCUT2D eigenvalue weighted by Gasteiger charge is -2.07. The minimum Gasteiger partial charge on any atom is -0.338 e. The fourth-order valence-electron chi connectivity index (χ4n) is 1.49. The minimum absolute atomic E-state index is 0.222. The van der Waals surface area contributed by atoms with Gasteiger partial charge in [0.25, 0.3) is 0 Å². The molecule has 1 aromatic heterocycles. The Morgan fingerprint density at radius 2 is 2.05 bits per heavy atom. The number of benzene rings is 1. The number of hydrogen-bond donors (Lipinski definition) is 2. The second kappa shape index (κ2) is 6.15. The van der Waals surface area contributed by atoms with Crippen LogP contribution in [0.4, 0.5) is 16.4 Å². The van der Waals surface area contributed by atoms with Gasteiger partial charge >= 0.3 is 6.03 Å². The molecule has 0 radical (unpaired) electrons. The van der Waals surface area contributed by atoms with Crippen molar-refractivity contribution in [2.45, 2.75) is 19.8 Å². The third kappa shape index (κ3) is 3.43. The highest BCUT2D eigenvalue weighted by Gasteiger charge is 2.12. The molecule has 106 valence electrons. The molecule has 0 aliphatic rings. The first kappa shape index (κ1) is 14.7. The Labute approximate surface area is 126 Å². The molecule has 0 saturated heterocycles. The zero-order valence-electron chi connectivity index (χ0n) is 10.9. The van der Waals surface area contributed by atoms with Gasteiger partial charge in [0.15, 0.2) is 0 Å². The smallest absolute Gasteiger partial charge is 0.326 e. The van der Waals surface area contributed by atoms with E-state index < -0.39 is 6.03 Å². The van der Waals surface area contributed by atoms with Crippen LogP contribution in [0.25, 0.3) is 0 Å². The number of hydrogen-bond acceptors (Lipinski definition) is 3. The van der Waals surface area contributed by atoms with E-state index in [-0.39, 0.29) is 16.8 Å². The van der Waals surface area contributed by atoms with Crippen LogP contribution >= 0.6 is 23.2 Å². The summed E-state index contributed by atoms with van der Waals surface area (Å²) in [7, 11) is 0. The topological polar surface area (TPSA) is 67.2 Å². The summed E-state index contributed by atoms with van der Waals surface area (Å²) in [5.41, 5.74) is 1.18. The number of nitrogens with one attached hydrogen (secondary N) is 2. The molecule has 5 nitrogen and oxygen atoms in total. The minimum atomic E-state index is -0.486. The van der Waals surface area contributed by atoms with Gasteiger partial charge in [0.05, 0.1) is 21.4 Å². The molecule has 1 aromatic carbocycles. The number of halogens is 2. The molecule has 1 heterocycles. The van der Waals surface area contributed by atoms with E-state index in [0.29, 0.717) is 10.7 Å². The first-order valence-electron chi connectivity index (χ1n) is 5.96. The van der Waals surface area contributed by atoms with E-state index in [0.717, 1.165) is 5.69 Å². The summed E-state index contributed by atoms with van der Waals surface area (Å²) in [5, 5.41) is 9.61. The Hall–Kier alpha value is -1.72. The standard InChI is InChI=1S/C13H13Cl2N3O2/c1-7(2)10-6-11(20-18-10)17-13(19)16-9-5-3-4-8(14)12(9)15/h3-7H,1-2H3,(H2,16,17,19). The number of urea groups is 1. The average molecular weight is 314 g/mol. The monoisotopic (exact) mass is 313 g/mol. The highest BCUT2D eigenvalue weighted by Crippen LogP contribution is 2.29. The van der Waals surface area contributed by atoms with Crippen LogP contribution in [0.15, 0.2) is 28.8 Å². The van der Waals surface area contributed by atoms with Crippen molar-refractivity contribution in [2.24, 2.45) is 0 Å². The molecule has 2 aromatic rings. The predicted octanol–water partition coefficient (Wildman–Crippen LogP) is 4.75. The van der Waals surface area contributed by atoms with Crippen molar-refractivity contribution in [3.63, 3.8) is 0 Å². The second-order valence-electron chi connectivity index (χ2n) is 4.45. The Bertz CT molecular complexity index is 626. The molecule has 0 spiro atoms. The van der Waals surface area contributed by atoms with E-state index in [4.69, 9.17) is 27.7 Å². The summed E-state index contributed by atoms with van der Waals surface area (Å²) in [5.74, 6) is 0.490. The highest BCUT2D eigenvalue weighted by molar-refractivity contribution is 6.44. The first-order valence-corrected chi connectivity index (χ1v) is 6.71. The molecule has 2 amide bonds. The molecule has 7 heteroatoms. The Kier molecular flexibility index (Phi) is 4.52. The van der Waals surface area contributed by atoms with Crippen molar-refractivity contribution in [1.29, 1.82) is 0 Å². The van der Waals surface area contributed by atoms with Crippen LogP contribution < -0.4 is 10.6 Å². The van der Waals surface area contributed by atoms with E-state index in [2.05, 4.69) is 15.8 Å². The van der Waals surface area contributed by atoms with E-state index in [1.807, 2.05) is 13.8 Å². The van der Waals surface area contributed by atoms with Gasteiger partial charge < -0.3 is 9.84 Å². The third-order valence-electron chi connectivity index (χ3n) is 2.56. The van der Waals surface area contributed by atoms with Gasteiger partial charge in [0, 0.05) is 6.07 Å². The molecule has 0 aliphatic carbocycles. The molecule has 2 N–H and O–H groups in total. The number of nitrogens with zero attached hydrogens (tertiary/aromatic N) is 1. The number of aromatic nitrogens is 1.